The lowest BCUT2D eigenvalue weighted by Gasteiger charge is -2.09. The number of carbonyl (C=O) groups is 1. The molecule has 0 spiro atoms. The van der Waals surface area contributed by atoms with Crippen molar-refractivity contribution in [2.45, 2.75) is 6.92 Å². The minimum atomic E-state index is -0.579. The normalized spacial score (nSPS) is 10.4. The number of benzene rings is 2. The Balaban J connectivity index is 1.91. The highest BCUT2D eigenvalue weighted by atomic mass is 16.6. The molecule has 27 heavy (non-hydrogen) atoms. The second kappa shape index (κ2) is 9.76. The van der Waals surface area contributed by atoms with Crippen LogP contribution >= 0.6 is 0 Å². The summed E-state index contributed by atoms with van der Waals surface area (Å²) in [5.41, 5.74) is 2.77. The van der Waals surface area contributed by atoms with Gasteiger partial charge in [0.05, 0.1) is 24.9 Å². The van der Waals surface area contributed by atoms with Gasteiger partial charge in [0.25, 0.3) is 5.91 Å². The number of para-hydroxylation sites is 2. The summed E-state index contributed by atoms with van der Waals surface area (Å²) in [5.74, 6) is 0.617. The summed E-state index contributed by atoms with van der Waals surface area (Å²) in [4.78, 5) is 22.1. The van der Waals surface area contributed by atoms with Crippen LogP contribution in [0.1, 0.15) is 12.5 Å². The van der Waals surface area contributed by atoms with E-state index >= 15 is 0 Å². The highest BCUT2D eigenvalue weighted by Crippen LogP contribution is 2.27. The predicted octanol–water partition coefficient (Wildman–Crippen LogP) is 2.53. The summed E-state index contributed by atoms with van der Waals surface area (Å²) < 4.78 is 15.8. The molecule has 0 aliphatic rings. The molecule has 9 nitrogen and oxygen atoms in total. The van der Waals surface area contributed by atoms with Gasteiger partial charge in [-0.3, -0.25) is 14.9 Å². The van der Waals surface area contributed by atoms with Crippen molar-refractivity contribution in [3.63, 3.8) is 0 Å². The molecule has 0 heterocycles. The molecule has 2 aromatic carbocycles. The summed E-state index contributed by atoms with van der Waals surface area (Å²) >= 11 is 0. The van der Waals surface area contributed by atoms with Crippen LogP contribution in [-0.2, 0) is 4.79 Å². The van der Waals surface area contributed by atoms with Crippen LogP contribution in [0.5, 0.6) is 17.2 Å². The number of nitro benzene ring substituents is 1. The fourth-order valence-electron chi connectivity index (χ4n) is 2.12. The summed E-state index contributed by atoms with van der Waals surface area (Å²) in [7, 11) is 1.53. The Labute approximate surface area is 155 Å². The molecule has 0 atom stereocenters. The number of carbonyl (C=O) groups excluding carboxylic acids is 1. The lowest BCUT2D eigenvalue weighted by atomic mass is 10.2. The van der Waals surface area contributed by atoms with Crippen LogP contribution in [0.25, 0.3) is 0 Å². The summed E-state index contributed by atoms with van der Waals surface area (Å²) in [6, 6.07) is 11.0. The number of nitrogens with zero attached hydrogens (tertiary/aromatic N) is 2. The van der Waals surface area contributed by atoms with Gasteiger partial charge in [-0.25, -0.2) is 5.43 Å². The molecule has 142 valence electrons. The molecule has 0 unspecified atom stereocenters. The van der Waals surface area contributed by atoms with Gasteiger partial charge in [-0.1, -0.05) is 12.1 Å². The van der Waals surface area contributed by atoms with E-state index in [0.29, 0.717) is 23.7 Å². The zero-order valence-corrected chi connectivity index (χ0v) is 14.9. The van der Waals surface area contributed by atoms with Crippen molar-refractivity contribution in [2.75, 3.05) is 20.3 Å². The van der Waals surface area contributed by atoms with E-state index in [9.17, 15) is 14.9 Å². The fraction of sp³-hybridized carbons (Fsp3) is 0.222. The number of nitrogens with one attached hydrogen (secondary N) is 1. The fourth-order valence-corrected chi connectivity index (χ4v) is 2.12. The van der Waals surface area contributed by atoms with E-state index in [4.69, 9.17) is 14.2 Å². The number of methoxy groups -OCH3 is 1. The maximum atomic E-state index is 11.8. The molecule has 0 aromatic heterocycles. The highest BCUT2D eigenvalue weighted by Gasteiger charge is 2.14. The number of ether oxygens (including phenoxy) is 3. The molecule has 9 heteroatoms. The van der Waals surface area contributed by atoms with Gasteiger partial charge in [0.15, 0.2) is 23.9 Å². The molecular weight excluding hydrogens is 354 g/mol. The minimum Gasteiger partial charge on any atom is -0.493 e. The van der Waals surface area contributed by atoms with Crippen LogP contribution < -0.4 is 19.6 Å². The van der Waals surface area contributed by atoms with E-state index < -0.39 is 17.4 Å². The average molecular weight is 373 g/mol. The average Bonchev–Trinajstić information content (AvgIpc) is 2.67. The quantitative estimate of drug-likeness (QED) is 0.411. The van der Waals surface area contributed by atoms with Crippen molar-refractivity contribution in [1.82, 2.24) is 5.43 Å². The second-order valence-electron chi connectivity index (χ2n) is 5.15. The van der Waals surface area contributed by atoms with Gasteiger partial charge >= 0.3 is 5.69 Å². The van der Waals surface area contributed by atoms with Crippen LogP contribution in [0, 0.1) is 10.1 Å². The van der Waals surface area contributed by atoms with Gasteiger partial charge in [0.1, 0.15) is 0 Å². The van der Waals surface area contributed by atoms with Gasteiger partial charge < -0.3 is 14.2 Å². The highest BCUT2D eigenvalue weighted by molar-refractivity contribution is 5.83. The lowest BCUT2D eigenvalue weighted by molar-refractivity contribution is -0.385. The Kier molecular flexibility index (Phi) is 7.12. The van der Waals surface area contributed by atoms with Crippen molar-refractivity contribution in [3.05, 3.63) is 58.1 Å². The minimum absolute atomic E-state index is 0.0119. The van der Waals surface area contributed by atoms with Crippen LogP contribution in [0.3, 0.4) is 0 Å². The zero-order valence-electron chi connectivity index (χ0n) is 14.9. The molecule has 1 N–H and O–H groups in total. The second-order valence-corrected chi connectivity index (χ2v) is 5.15. The number of rotatable bonds is 9. The third-order valence-electron chi connectivity index (χ3n) is 3.31. The van der Waals surface area contributed by atoms with Crippen LogP contribution in [0.2, 0.25) is 0 Å². The Bertz CT molecular complexity index is 838. The van der Waals surface area contributed by atoms with Gasteiger partial charge in [0.2, 0.25) is 0 Å². The first-order valence-electron chi connectivity index (χ1n) is 8.04. The third-order valence-corrected chi connectivity index (χ3v) is 3.31. The van der Waals surface area contributed by atoms with E-state index in [-0.39, 0.29) is 11.4 Å². The van der Waals surface area contributed by atoms with E-state index in [1.807, 2.05) is 6.92 Å². The van der Waals surface area contributed by atoms with Gasteiger partial charge in [-0.05, 0) is 36.8 Å². The maximum absolute atomic E-state index is 11.8. The topological polar surface area (TPSA) is 112 Å². The zero-order chi connectivity index (χ0) is 19.6. The van der Waals surface area contributed by atoms with Crippen molar-refractivity contribution < 1.29 is 23.9 Å². The molecule has 0 saturated heterocycles. The number of amides is 1. The van der Waals surface area contributed by atoms with Gasteiger partial charge in [-0.2, -0.15) is 5.10 Å². The van der Waals surface area contributed by atoms with Gasteiger partial charge in [-0.15, -0.1) is 0 Å². The Morgan fingerprint density at radius 3 is 2.67 bits per heavy atom. The Morgan fingerprint density at radius 1 is 1.19 bits per heavy atom. The monoisotopic (exact) mass is 373 g/mol. The van der Waals surface area contributed by atoms with Crippen molar-refractivity contribution in [1.29, 1.82) is 0 Å². The molecule has 1 amide bonds. The van der Waals surface area contributed by atoms with Crippen LogP contribution in [-0.4, -0.2) is 37.4 Å². The summed E-state index contributed by atoms with van der Waals surface area (Å²) in [5, 5.41) is 14.7. The number of hydrogen-bond donors (Lipinski definition) is 1. The molecular formula is C18H19N3O6. The first-order chi connectivity index (χ1) is 13.0. The predicted molar refractivity (Wildman–Crippen MR) is 98.5 cm³/mol. The summed E-state index contributed by atoms with van der Waals surface area (Å²) in [6.45, 7) is 1.98. The Hall–Kier alpha value is -3.62. The third kappa shape index (κ3) is 5.70. The van der Waals surface area contributed by atoms with E-state index in [1.54, 1.807) is 24.3 Å². The van der Waals surface area contributed by atoms with Crippen molar-refractivity contribution in [2.24, 2.45) is 5.10 Å². The molecule has 0 fully saturated rings. The van der Waals surface area contributed by atoms with Gasteiger partial charge in [0, 0.05) is 6.07 Å². The first kappa shape index (κ1) is 19.7. The van der Waals surface area contributed by atoms with Crippen LogP contribution in [0.4, 0.5) is 5.69 Å². The molecule has 0 saturated carbocycles. The molecule has 2 rings (SSSR count). The lowest BCUT2D eigenvalue weighted by Crippen LogP contribution is -2.24. The number of hydrogen-bond acceptors (Lipinski definition) is 7. The molecule has 2 aromatic rings. The molecule has 0 aliphatic carbocycles. The van der Waals surface area contributed by atoms with E-state index in [1.165, 1.54) is 31.5 Å². The first-order valence-corrected chi connectivity index (χ1v) is 8.04. The maximum Gasteiger partial charge on any atom is 0.310 e. The van der Waals surface area contributed by atoms with Crippen molar-refractivity contribution in [3.8, 4) is 17.2 Å². The van der Waals surface area contributed by atoms with Crippen molar-refractivity contribution >= 4 is 17.8 Å². The smallest absolute Gasteiger partial charge is 0.310 e. The molecule has 0 aliphatic heterocycles. The number of hydrazone groups is 1. The van der Waals surface area contributed by atoms with E-state index in [0.717, 1.165) is 0 Å². The molecule has 0 radical (unpaired) electrons. The molecule has 0 bridgehead atoms. The van der Waals surface area contributed by atoms with Crippen LogP contribution in [0.15, 0.2) is 47.6 Å². The number of nitro groups is 1. The largest absolute Gasteiger partial charge is 0.493 e. The van der Waals surface area contributed by atoms with E-state index in [2.05, 4.69) is 10.5 Å². The SMILES string of the molecule is CCOc1ccc(/C=N/NC(=O)COc2ccccc2[N+](=O)[O-])cc1OC. The standard InChI is InChI=1S/C18H19N3O6/c1-3-26-16-9-8-13(10-17(16)25-2)11-19-20-18(22)12-27-15-7-5-4-6-14(15)21(23)24/h4-11H,3,12H2,1-2H3,(H,20,22)/b19-11+. The Morgan fingerprint density at radius 2 is 1.96 bits per heavy atom. The summed E-state index contributed by atoms with van der Waals surface area (Å²) in [6.07, 6.45) is 1.43.